The molecule has 1 aromatic rings. The average molecular weight is 215 g/mol. The molecule has 0 bridgehead atoms. The first kappa shape index (κ1) is 10.9. The van der Waals surface area contributed by atoms with E-state index in [9.17, 15) is 8.42 Å². The fraction of sp³-hybridized carbons (Fsp3) is 0.375. The smallest absolute Gasteiger partial charge is 0.271 e. The van der Waals surface area contributed by atoms with E-state index in [0.29, 0.717) is 12.2 Å². The molecule has 0 aliphatic rings. The Hall–Kier alpha value is -1.14. The Bertz CT molecular complexity index is 403. The number of hydrogen-bond acceptors (Lipinski definition) is 3. The Morgan fingerprint density at radius 2 is 2.21 bits per heavy atom. The molecule has 5 nitrogen and oxygen atoms in total. The number of pyridine rings is 1. The van der Waals surface area contributed by atoms with Crippen molar-refractivity contribution in [1.29, 1.82) is 0 Å². The lowest BCUT2D eigenvalue weighted by Gasteiger charge is -2.07. The van der Waals surface area contributed by atoms with E-state index in [1.807, 2.05) is 0 Å². The summed E-state index contributed by atoms with van der Waals surface area (Å²) >= 11 is 0. The van der Waals surface area contributed by atoms with Crippen molar-refractivity contribution in [1.82, 2.24) is 9.71 Å². The third kappa shape index (κ3) is 3.31. The first-order valence-electron chi connectivity index (χ1n) is 4.23. The third-order valence-electron chi connectivity index (χ3n) is 1.48. The van der Waals surface area contributed by atoms with Crippen molar-refractivity contribution in [2.24, 2.45) is 0 Å². The van der Waals surface area contributed by atoms with Crippen LogP contribution in [0.3, 0.4) is 0 Å². The molecule has 0 spiro atoms. The molecule has 1 aromatic heterocycles. The molecule has 6 heteroatoms. The molecule has 0 unspecified atom stereocenters. The Morgan fingerprint density at radius 1 is 1.50 bits per heavy atom. The minimum atomic E-state index is -3.43. The van der Waals surface area contributed by atoms with Crippen LogP contribution in [0.15, 0.2) is 18.3 Å². The van der Waals surface area contributed by atoms with Crippen molar-refractivity contribution in [2.45, 2.75) is 13.8 Å². The Balaban J connectivity index is 2.79. The summed E-state index contributed by atoms with van der Waals surface area (Å²) in [6, 6.07) is 3.26. The quantitative estimate of drug-likeness (QED) is 0.775. The fourth-order valence-electron chi connectivity index (χ4n) is 0.990. The van der Waals surface area contributed by atoms with Crippen LogP contribution in [0.25, 0.3) is 0 Å². The maximum Gasteiger partial charge on any atom is 0.299 e. The Kier molecular flexibility index (Phi) is 3.43. The molecular formula is C8H13N3O2S. The highest BCUT2D eigenvalue weighted by molar-refractivity contribution is 7.90. The minimum absolute atomic E-state index is 0.361. The van der Waals surface area contributed by atoms with Crippen LogP contribution in [0, 0.1) is 6.92 Å². The van der Waals surface area contributed by atoms with E-state index in [1.54, 1.807) is 32.2 Å². The molecule has 2 N–H and O–H groups in total. The van der Waals surface area contributed by atoms with Crippen molar-refractivity contribution in [3.8, 4) is 0 Å². The first-order chi connectivity index (χ1) is 6.53. The van der Waals surface area contributed by atoms with Crippen LogP contribution in [-0.4, -0.2) is 19.9 Å². The van der Waals surface area contributed by atoms with Gasteiger partial charge in [-0.15, -0.1) is 0 Å². The largest absolute Gasteiger partial charge is 0.299 e. The Labute approximate surface area is 83.7 Å². The summed E-state index contributed by atoms with van der Waals surface area (Å²) in [4.78, 5) is 3.96. The minimum Gasteiger partial charge on any atom is -0.271 e. The van der Waals surface area contributed by atoms with Crippen LogP contribution < -0.4 is 9.44 Å². The second-order valence-corrected chi connectivity index (χ2v) is 4.29. The van der Waals surface area contributed by atoms with E-state index in [0.717, 1.165) is 5.69 Å². The van der Waals surface area contributed by atoms with Gasteiger partial charge in [0.2, 0.25) is 0 Å². The number of anilines is 1. The molecule has 0 atom stereocenters. The molecule has 1 rings (SSSR count). The van der Waals surface area contributed by atoms with Gasteiger partial charge in [-0.2, -0.15) is 13.1 Å². The zero-order valence-corrected chi connectivity index (χ0v) is 8.93. The van der Waals surface area contributed by atoms with Gasteiger partial charge in [0, 0.05) is 18.4 Å². The summed E-state index contributed by atoms with van der Waals surface area (Å²) in [6.45, 7) is 3.88. The monoisotopic (exact) mass is 215 g/mol. The molecule has 0 aromatic carbocycles. The number of aromatic nitrogens is 1. The zero-order valence-electron chi connectivity index (χ0n) is 8.11. The zero-order chi connectivity index (χ0) is 10.6. The maximum absolute atomic E-state index is 11.3. The highest BCUT2D eigenvalue weighted by atomic mass is 32.2. The predicted molar refractivity (Wildman–Crippen MR) is 55.2 cm³/mol. The van der Waals surface area contributed by atoms with Crippen molar-refractivity contribution >= 4 is 15.9 Å². The predicted octanol–water partition coefficient (Wildman–Crippen LogP) is 0.656. The molecular weight excluding hydrogens is 202 g/mol. The molecule has 0 fully saturated rings. The third-order valence-corrected chi connectivity index (χ3v) is 2.66. The fourth-order valence-corrected chi connectivity index (χ4v) is 1.88. The molecule has 0 saturated carbocycles. The van der Waals surface area contributed by atoms with Gasteiger partial charge in [0.25, 0.3) is 10.2 Å². The highest BCUT2D eigenvalue weighted by Gasteiger charge is 2.06. The van der Waals surface area contributed by atoms with Gasteiger partial charge in [-0.25, -0.2) is 0 Å². The van der Waals surface area contributed by atoms with Gasteiger partial charge in [0.05, 0.1) is 5.69 Å². The second kappa shape index (κ2) is 4.39. The summed E-state index contributed by atoms with van der Waals surface area (Å²) < 4.78 is 27.2. The summed E-state index contributed by atoms with van der Waals surface area (Å²) in [5.74, 6) is 0. The van der Waals surface area contributed by atoms with E-state index < -0.39 is 10.2 Å². The van der Waals surface area contributed by atoms with Crippen molar-refractivity contribution in [3.05, 3.63) is 24.0 Å². The second-order valence-electron chi connectivity index (χ2n) is 2.79. The average Bonchev–Trinajstić information content (AvgIpc) is 2.02. The summed E-state index contributed by atoms with van der Waals surface area (Å²) in [5, 5.41) is 0. The number of hydrogen-bond donors (Lipinski definition) is 2. The van der Waals surface area contributed by atoms with Crippen molar-refractivity contribution in [2.75, 3.05) is 11.3 Å². The molecule has 0 amide bonds. The van der Waals surface area contributed by atoms with Gasteiger partial charge >= 0.3 is 0 Å². The summed E-state index contributed by atoms with van der Waals surface area (Å²) in [7, 11) is -3.43. The lowest BCUT2D eigenvalue weighted by molar-refractivity contribution is 0.589. The molecule has 1 heterocycles. The molecule has 78 valence electrons. The number of aryl methyl sites for hydroxylation is 1. The highest BCUT2D eigenvalue weighted by Crippen LogP contribution is 2.08. The molecule has 14 heavy (non-hydrogen) atoms. The number of rotatable bonds is 4. The standard InChI is InChI=1S/C8H13N3O2S/c1-3-10-14(12,13)11-8-4-5-9-7(2)6-8/h4-6,10H,3H2,1-2H3,(H,9,11). The van der Waals surface area contributed by atoms with Crippen LogP contribution in [0.5, 0.6) is 0 Å². The van der Waals surface area contributed by atoms with E-state index in [1.165, 1.54) is 0 Å². The first-order valence-corrected chi connectivity index (χ1v) is 5.72. The molecule has 0 radical (unpaired) electrons. The molecule has 0 aliphatic heterocycles. The normalized spacial score (nSPS) is 11.3. The number of nitrogens with one attached hydrogen (secondary N) is 2. The van der Waals surface area contributed by atoms with E-state index in [-0.39, 0.29) is 0 Å². The van der Waals surface area contributed by atoms with Gasteiger partial charge in [0.15, 0.2) is 0 Å². The van der Waals surface area contributed by atoms with Crippen LogP contribution in [-0.2, 0) is 10.2 Å². The van der Waals surface area contributed by atoms with Crippen LogP contribution >= 0.6 is 0 Å². The van der Waals surface area contributed by atoms with Gasteiger partial charge in [0.1, 0.15) is 0 Å². The van der Waals surface area contributed by atoms with Crippen molar-refractivity contribution in [3.63, 3.8) is 0 Å². The lowest BCUT2D eigenvalue weighted by Crippen LogP contribution is -2.29. The summed E-state index contributed by atoms with van der Waals surface area (Å²) in [6.07, 6.45) is 1.55. The maximum atomic E-state index is 11.3. The SMILES string of the molecule is CCNS(=O)(=O)Nc1ccnc(C)c1. The van der Waals surface area contributed by atoms with Crippen molar-refractivity contribution < 1.29 is 8.42 Å². The Morgan fingerprint density at radius 3 is 2.79 bits per heavy atom. The molecule has 0 saturated heterocycles. The molecule has 0 aliphatic carbocycles. The van der Waals surface area contributed by atoms with Gasteiger partial charge in [-0.1, -0.05) is 6.92 Å². The van der Waals surface area contributed by atoms with Crippen LogP contribution in [0.4, 0.5) is 5.69 Å². The van der Waals surface area contributed by atoms with Crippen LogP contribution in [0.2, 0.25) is 0 Å². The number of nitrogens with zero attached hydrogens (tertiary/aromatic N) is 1. The van der Waals surface area contributed by atoms with E-state index in [4.69, 9.17) is 0 Å². The summed E-state index contributed by atoms with van der Waals surface area (Å²) in [5.41, 5.74) is 1.28. The van der Waals surface area contributed by atoms with E-state index >= 15 is 0 Å². The van der Waals surface area contributed by atoms with Crippen LogP contribution in [0.1, 0.15) is 12.6 Å². The van der Waals surface area contributed by atoms with Gasteiger partial charge in [-0.05, 0) is 19.1 Å². The van der Waals surface area contributed by atoms with Gasteiger partial charge in [-0.3, -0.25) is 9.71 Å². The lowest BCUT2D eigenvalue weighted by atomic mass is 10.3. The van der Waals surface area contributed by atoms with Gasteiger partial charge < -0.3 is 0 Å². The topological polar surface area (TPSA) is 71.1 Å². The van der Waals surface area contributed by atoms with E-state index in [2.05, 4.69) is 14.4 Å².